The second kappa shape index (κ2) is 11.3. The highest BCUT2D eigenvalue weighted by atomic mass is 16.5. The first-order valence-electron chi connectivity index (χ1n) is 18.7. The molecular formula is C50H32N4O. The summed E-state index contributed by atoms with van der Waals surface area (Å²) in [5.74, 6) is 2.61. The van der Waals surface area contributed by atoms with Gasteiger partial charge >= 0.3 is 0 Å². The number of aromatic nitrogens is 4. The molecule has 5 nitrogen and oxygen atoms in total. The molecule has 5 heteroatoms. The van der Waals surface area contributed by atoms with Crippen molar-refractivity contribution in [1.82, 2.24) is 18.5 Å². The van der Waals surface area contributed by atoms with Crippen molar-refractivity contribution in [1.29, 1.82) is 0 Å². The summed E-state index contributed by atoms with van der Waals surface area (Å²) in [5, 5.41) is 2.35. The predicted molar refractivity (Wildman–Crippen MR) is 222 cm³/mol. The Morgan fingerprint density at radius 1 is 0.436 bits per heavy atom. The zero-order valence-electron chi connectivity index (χ0n) is 29.7. The molecule has 0 atom stereocenters. The van der Waals surface area contributed by atoms with Gasteiger partial charge in [-0.05, 0) is 77.9 Å². The van der Waals surface area contributed by atoms with Crippen LogP contribution in [0.25, 0.3) is 61.0 Å². The Labute approximate surface area is 316 Å². The number of imidazole rings is 2. The highest BCUT2D eigenvalue weighted by Crippen LogP contribution is 2.57. The quantitative estimate of drug-likeness (QED) is 0.183. The first kappa shape index (κ1) is 30.1. The minimum absolute atomic E-state index is 0.667. The van der Waals surface area contributed by atoms with Crippen LogP contribution in [0.15, 0.2) is 194 Å². The van der Waals surface area contributed by atoms with Gasteiger partial charge in [0, 0.05) is 27.6 Å². The van der Waals surface area contributed by atoms with E-state index >= 15 is 0 Å². The molecule has 0 bridgehead atoms. The number of rotatable bonds is 4. The number of hydrogen-bond acceptors (Lipinski definition) is 2. The van der Waals surface area contributed by atoms with Crippen molar-refractivity contribution in [2.24, 2.45) is 0 Å². The topological polar surface area (TPSA) is 36.4 Å². The van der Waals surface area contributed by atoms with Crippen molar-refractivity contribution in [2.45, 2.75) is 5.41 Å². The van der Waals surface area contributed by atoms with Gasteiger partial charge in [-0.25, -0.2) is 4.98 Å². The van der Waals surface area contributed by atoms with E-state index in [9.17, 15) is 0 Å². The minimum atomic E-state index is -0.667. The van der Waals surface area contributed by atoms with Crippen LogP contribution in [0.5, 0.6) is 11.5 Å². The summed E-state index contributed by atoms with van der Waals surface area (Å²) in [7, 11) is 0. The molecule has 0 spiro atoms. The molecule has 0 saturated carbocycles. The molecule has 0 saturated heterocycles. The van der Waals surface area contributed by atoms with Crippen molar-refractivity contribution >= 4 is 49.7 Å². The van der Waals surface area contributed by atoms with Gasteiger partial charge in [-0.3, -0.25) is 8.97 Å². The van der Waals surface area contributed by atoms with Gasteiger partial charge in [-0.2, -0.15) is 0 Å². The number of nitrogens with zero attached hydrogens (tertiary/aromatic N) is 4. The van der Waals surface area contributed by atoms with E-state index in [1.165, 1.54) is 21.9 Å². The Kier molecular flexibility index (Phi) is 6.20. The molecule has 4 heterocycles. The summed E-state index contributed by atoms with van der Waals surface area (Å²) < 4.78 is 13.9. The second-order valence-electron chi connectivity index (χ2n) is 14.3. The van der Waals surface area contributed by atoms with E-state index in [-0.39, 0.29) is 0 Å². The third kappa shape index (κ3) is 4.04. The smallest absolute Gasteiger partial charge is 0.220 e. The molecule has 1 aliphatic rings. The number of hydrogen-bond donors (Lipinski definition) is 0. The summed E-state index contributed by atoms with van der Waals surface area (Å²) >= 11 is 0. The number of benzene rings is 8. The summed E-state index contributed by atoms with van der Waals surface area (Å²) in [4.78, 5) is 5.17. The maximum atomic E-state index is 6.89. The van der Waals surface area contributed by atoms with Crippen LogP contribution in [0, 0.1) is 0 Å². The van der Waals surface area contributed by atoms with Gasteiger partial charge in [0.05, 0.1) is 44.2 Å². The molecule has 0 radical (unpaired) electrons. The first-order valence-corrected chi connectivity index (χ1v) is 18.7. The van der Waals surface area contributed by atoms with E-state index in [2.05, 4.69) is 208 Å². The monoisotopic (exact) mass is 704 g/mol. The number of ether oxygens (including phenoxy) is 1. The first-order chi connectivity index (χ1) is 27.3. The van der Waals surface area contributed by atoms with Crippen LogP contribution >= 0.6 is 0 Å². The van der Waals surface area contributed by atoms with Gasteiger partial charge in [0.1, 0.15) is 11.5 Å². The summed E-state index contributed by atoms with van der Waals surface area (Å²) in [5.41, 5.74) is 12.6. The average Bonchev–Trinajstić information content (AvgIpc) is 3.90. The van der Waals surface area contributed by atoms with Gasteiger partial charge in [-0.15, -0.1) is 0 Å². The van der Waals surface area contributed by atoms with Gasteiger partial charge in [0.15, 0.2) is 0 Å². The molecule has 11 aromatic rings. The SMILES string of the molecule is c1ccc(C2(c3ccccc3)c3ccccc3Oc3cccc(-n4c5ccccc5c5cc(-n6c7ccccc7n7c8ccccc8nc67)ccc54)c32)cc1. The molecule has 258 valence electrons. The molecule has 55 heavy (non-hydrogen) atoms. The summed E-state index contributed by atoms with van der Waals surface area (Å²) in [6, 6.07) is 69.4. The molecule has 1 aliphatic heterocycles. The number of fused-ring (bicyclic) bond motifs is 10. The lowest BCUT2D eigenvalue weighted by Gasteiger charge is -2.42. The van der Waals surface area contributed by atoms with Crippen molar-refractivity contribution < 1.29 is 4.74 Å². The highest BCUT2D eigenvalue weighted by molar-refractivity contribution is 6.10. The lowest BCUT2D eigenvalue weighted by molar-refractivity contribution is 0.434. The van der Waals surface area contributed by atoms with E-state index in [4.69, 9.17) is 9.72 Å². The zero-order chi connectivity index (χ0) is 36.1. The zero-order valence-corrected chi connectivity index (χ0v) is 29.7. The summed E-state index contributed by atoms with van der Waals surface area (Å²) in [6.45, 7) is 0. The maximum absolute atomic E-state index is 6.89. The molecule has 0 fully saturated rings. The Morgan fingerprint density at radius 2 is 1.05 bits per heavy atom. The summed E-state index contributed by atoms with van der Waals surface area (Å²) in [6.07, 6.45) is 0. The van der Waals surface area contributed by atoms with E-state index in [0.717, 1.165) is 72.9 Å². The van der Waals surface area contributed by atoms with Crippen molar-refractivity contribution in [3.8, 4) is 22.9 Å². The lowest BCUT2D eigenvalue weighted by Crippen LogP contribution is -2.35. The second-order valence-corrected chi connectivity index (χ2v) is 14.3. The van der Waals surface area contributed by atoms with Crippen molar-refractivity contribution in [2.75, 3.05) is 0 Å². The normalized spacial score (nSPS) is 13.4. The molecular weight excluding hydrogens is 673 g/mol. The van der Waals surface area contributed by atoms with E-state index < -0.39 is 5.41 Å². The maximum Gasteiger partial charge on any atom is 0.220 e. The third-order valence-corrected chi connectivity index (χ3v) is 11.6. The van der Waals surface area contributed by atoms with E-state index in [1.54, 1.807) is 0 Å². The molecule has 0 N–H and O–H groups in total. The van der Waals surface area contributed by atoms with Crippen LogP contribution < -0.4 is 4.74 Å². The van der Waals surface area contributed by atoms with Gasteiger partial charge in [-0.1, -0.05) is 127 Å². The lowest BCUT2D eigenvalue weighted by atomic mass is 9.63. The Morgan fingerprint density at radius 3 is 1.85 bits per heavy atom. The van der Waals surface area contributed by atoms with Crippen LogP contribution in [0.3, 0.4) is 0 Å². The number of para-hydroxylation sites is 6. The Bertz CT molecular complexity index is 3260. The molecule has 8 aromatic carbocycles. The fraction of sp³-hybridized carbons (Fsp3) is 0.0200. The largest absolute Gasteiger partial charge is 0.457 e. The van der Waals surface area contributed by atoms with Crippen molar-refractivity contribution in [3.63, 3.8) is 0 Å². The van der Waals surface area contributed by atoms with Crippen molar-refractivity contribution in [3.05, 3.63) is 216 Å². The van der Waals surface area contributed by atoms with Gasteiger partial charge in [0.2, 0.25) is 5.78 Å². The Balaban J connectivity index is 1.18. The van der Waals surface area contributed by atoms with Crippen LogP contribution in [0.2, 0.25) is 0 Å². The van der Waals surface area contributed by atoms with E-state index in [1.807, 2.05) is 0 Å². The molecule has 3 aromatic heterocycles. The fourth-order valence-corrected chi connectivity index (χ4v) is 9.39. The van der Waals surface area contributed by atoms with Gasteiger partial charge in [0.25, 0.3) is 0 Å². The fourth-order valence-electron chi connectivity index (χ4n) is 9.39. The van der Waals surface area contributed by atoms with Crippen LogP contribution in [0.1, 0.15) is 22.3 Å². The average molecular weight is 705 g/mol. The Hall–Kier alpha value is -7.37. The molecule has 0 aliphatic carbocycles. The van der Waals surface area contributed by atoms with Gasteiger partial charge < -0.3 is 9.30 Å². The standard InChI is InChI=1S/C50H32N4O/c1-3-16-33(17-4-1)50(34-18-5-2-6-19-34)38-21-8-14-28-46(38)55-47-29-15-27-45(48(47)50)53-40-23-10-7-20-36(40)37-32-35(30-31-41(37)53)52-43-25-12-13-26-44(43)54-42-24-11-9-22-39(42)51-49(52)54/h1-32H. The predicted octanol–water partition coefficient (Wildman–Crippen LogP) is 12.0. The van der Waals surface area contributed by atoms with Crippen LogP contribution in [0.4, 0.5) is 0 Å². The highest BCUT2D eigenvalue weighted by Gasteiger charge is 2.47. The molecule has 0 amide bonds. The minimum Gasteiger partial charge on any atom is -0.457 e. The van der Waals surface area contributed by atoms with Crippen LogP contribution in [-0.2, 0) is 5.41 Å². The van der Waals surface area contributed by atoms with Crippen LogP contribution in [-0.4, -0.2) is 18.5 Å². The molecule has 12 rings (SSSR count). The van der Waals surface area contributed by atoms with E-state index in [0.29, 0.717) is 0 Å². The third-order valence-electron chi connectivity index (χ3n) is 11.6. The molecule has 0 unspecified atom stereocenters.